The molecule has 1 aromatic rings. The Morgan fingerprint density at radius 2 is 2.31 bits per heavy atom. The lowest BCUT2D eigenvalue weighted by molar-refractivity contribution is 1.02. The molecule has 0 spiro atoms. The van der Waals surface area contributed by atoms with Gasteiger partial charge in [0.25, 0.3) is 0 Å². The van der Waals surface area contributed by atoms with Crippen molar-refractivity contribution < 1.29 is 0 Å². The Labute approximate surface area is 85.2 Å². The number of aliphatic imine (C=N–C) groups is 1. The highest BCUT2D eigenvalue weighted by atomic mass is 79.9. The zero-order valence-corrected chi connectivity index (χ0v) is 8.85. The Morgan fingerprint density at radius 3 is 3.08 bits per heavy atom. The number of hydrogen-bond donors (Lipinski definition) is 2. The molecule has 0 saturated carbocycles. The minimum absolute atomic E-state index is 0.495. The number of benzene rings is 1. The summed E-state index contributed by atoms with van der Waals surface area (Å²) in [5.74, 6) is 0.495. The molecule has 1 aromatic carbocycles. The van der Waals surface area contributed by atoms with E-state index < -0.39 is 0 Å². The third-order valence-electron chi connectivity index (χ3n) is 2.20. The fraction of sp³-hybridized carbons (Fsp3) is 0.222. The molecule has 0 radical (unpaired) electrons. The molecule has 0 amide bonds. The summed E-state index contributed by atoms with van der Waals surface area (Å²) < 4.78 is 1.11. The summed E-state index contributed by atoms with van der Waals surface area (Å²) in [5, 5.41) is 3.03. The summed E-state index contributed by atoms with van der Waals surface area (Å²) in [5.41, 5.74) is 9.06. The van der Waals surface area contributed by atoms with Crippen molar-refractivity contribution in [2.75, 3.05) is 5.32 Å². The van der Waals surface area contributed by atoms with Crippen molar-refractivity contribution in [2.24, 2.45) is 10.7 Å². The second kappa shape index (κ2) is 3.03. The van der Waals surface area contributed by atoms with Gasteiger partial charge in [0.15, 0.2) is 5.96 Å². The summed E-state index contributed by atoms with van der Waals surface area (Å²) in [6.45, 7) is 2.74. The van der Waals surface area contributed by atoms with Crippen LogP contribution in [-0.2, 0) is 6.54 Å². The number of guanidine groups is 1. The third-order valence-corrected chi connectivity index (χ3v) is 3.06. The number of hydrogen-bond acceptors (Lipinski definition) is 3. The van der Waals surface area contributed by atoms with Crippen molar-refractivity contribution in [1.82, 2.24) is 0 Å². The fourth-order valence-corrected chi connectivity index (χ4v) is 1.76. The number of nitrogens with one attached hydrogen (secondary N) is 1. The first-order valence-corrected chi connectivity index (χ1v) is 4.82. The number of rotatable bonds is 0. The summed E-state index contributed by atoms with van der Waals surface area (Å²) in [6.07, 6.45) is 0. The van der Waals surface area contributed by atoms with Crippen LogP contribution in [0.25, 0.3) is 0 Å². The highest BCUT2D eigenvalue weighted by Crippen LogP contribution is 2.28. The van der Waals surface area contributed by atoms with Gasteiger partial charge in [-0.3, -0.25) is 0 Å². The molecule has 1 heterocycles. The summed E-state index contributed by atoms with van der Waals surface area (Å²) in [4.78, 5) is 4.14. The highest BCUT2D eigenvalue weighted by Gasteiger charge is 2.12. The van der Waals surface area contributed by atoms with E-state index in [9.17, 15) is 0 Å². The monoisotopic (exact) mass is 239 g/mol. The second-order valence-corrected chi connectivity index (χ2v) is 3.88. The molecular weight excluding hydrogens is 230 g/mol. The lowest BCUT2D eigenvalue weighted by atomic mass is 10.1. The average Bonchev–Trinajstić information content (AvgIpc) is 2.12. The van der Waals surface area contributed by atoms with Crippen molar-refractivity contribution in [3.8, 4) is 0 Å². The fourth-order valence-electron chi connectivity index (χ4n) is 1.39. The maximum Gasteiger partial charge on any atom is 0.193 e. The molecule has 4 heteroatoms. The second-order valence-electron chi connectivity index (χ2n) is 3.02. The molecule has 0 bridgehead atoms. The smallest absolute Gasteiger partial charge is 0.193 e. The Balaban J connectivity index is 2.53. The van der Waals surface area contributed by atoms with Gasteiger partial charge in [-0.15, -0.1) is 0 Å². The van der Waals surface area contributed by atoms with E-state index in [-0.39, 0.29) is 0 Å². The van der Waals surface area contributed by atoms with Crippen molar-refractivity contribution >= 4 is 27.6 Å². The molecule has 3 N–H and O–H groups in total. The van der Waals surface area contributed by atoms with Crippen molar-refractivity contribution in [2.45, 2.75) is 13.5 Å². The van der Waals surface area contributed by atoms with E-state index in [1.807, 2.05) is 12.1 Å². The number of nitrogens with two attached hydrogens (primary N) is 1. The van der Waals surface area contributed by atoms with Gasteiger partial charge < -0.3 is 11.1 Å². The minimum atomic E-state index is 0.495. The van der Waals surface area contributed by atoms with Crippen LogP contribution in [0.3, 0.4) is 0 Å². The Hall–Kier alpha value is -1.03. The first kappa shape index (κ1) is 8.56. The zero-order valence-electron chi connectivity index (χ0n) is 7.26. The summed E-state index contributed by atoms with van der Waals surface area (Å²) >= 11 is 3.48. The largest absolute Gasteiger partial charge is 0.370 e. The normalized spacial score (nSPS) is 14.5. The quantitative estimate of drug-likeness (QED) is 0.728. The lowest BCUT2D eigenvalue weighted by Crippen LogP contribution is -2.26. The van der Waals surface area contributed by atoms with Gasteiger partial charge in [-0.05, 0) is 24.6 Å². The van der Waals surface area contributed by atoms with Gasteiger partial charge >= 0.3 is 0 Å². The van der Waals surface area contributed by atoms with Crippen LogP contribution in [0.5, 0.6) is 0 Å². The van der Waals surface area contributed by atoms with Gasteiger partial charge in [-0.2, -0.15) is 0 Å². The molecule has 13 heavy (non-hydrogen) atoms. The van der Waals surface area contributed by atoms with Gasteiger partial charge in [0.2, 0.25) is 0 Å². The van der Waals surface area contributed by atoms with Crippen LogP contribution in [-0.4, -0.2) is 5.96 Å². The number of nitrogens with zero attached hydrogens (tertiary/aromatic N) is 1. The zero-order chi connectivity index (χ0) is 9.42. The maximum absolute atomic E-state index is 5.56. The minimum Gasteiger partial charge on any atom is -0.370 e. The highest BCUT2D eigenvalue weighted by molar-refractivity contribution is 9.10. The predicted molar refractivity (Wildman–Crippen MR) is 57.8 cm³/mol. The summed E-state index contributed by atoms with van der Waals surface area (Å²) in [6, 6.07) is 4.02. The van der Waals surface area contributed by atoms with Crippen LogP contribution in [0.4, 0.5) is 5.69 Å². The standard InChI is InChI=1S/C9H10BrN3/c1-5-6-4-12-9(11)13-8(6)3-2-7(5)10/h2-3H,4H2,1H3,(H3,11,12,13). The molecule has 3 nitrogen and oxygen atoms in total. The van der Waals surface area contributed by atoms with Gasteiger partial charge in [0, 0.05) is 15.7 Å². The molecule has 1 aliphatic heterocycles. The van der Waals surface area contributed by atoms with E-state index in [2.05, 4.69) is 33.2 Å². The van der Waals surface area contributed by atoms with E-state index in [1.54, 1.807) is 0 Å². The van der Waals surface area contributed by atoms with E-state index in [0.29, 0.717) is 12.5 Å². The molecule has 0 saturated heterocycles. The molecule has 0 aliphatic carbocycles. The SMILES string of the molecule is Cc1c(Br)ccc2c1CN=C(N)N2. The molecule has 0 fully saturated rings. The Kier molecular flexibility index (Phi) is 2.00. The van der Waals surface area contributed by atoms with E-state index in [1.165, 1.54) is 11.1 Å². The number of anilines is 1. The van der Waals surface area contributed by atoms with Crippen LogP contribution >= 0.6 is 15.9 Å². The van der Waals surface area contributed by atoms with E-state index >= 15 is 0 Å². The molecule has 2 rings (SSSR count). The Bertz CT molecular complexity index is 385. The first-order chi connectivity index (χ1) is 6.18. The third kappa shape index (κ3) is 1.42. The maximum atomic E-state index is 5.56. The van der Waals surface area contributed by atoms with Crippen molar-refractivity contribution in [3.05, 3.63) is 27.7 Å². The lowest BCUT2D eigenvalue weighted by Gasteiger charge is -2.18. The van der Waals surface area contributed by atoms with Crippen LogP contribution in [0.15, 0.2) is 21.6 Å². The van der Waals surface area contributed by atoms with Crippen LogP contribution < -0.4 is 11.1 Å². The summed E-state index contributed by atoms with van der Waals surface area (Å²) in [7, 11) is 0. The van der Waals surface area contributed by atoms with E-state index in [0.717, 1.165) is 10.2 Å². The molecule has 0 atom stereocenters. The first-order valence-electron chi connectivity index (χ1n) is 4.03. The predicted octanol–water partition coefficient (Wildman–Crippen LogP) is 2.00. The molecule has 68 valence electrons. The van der Waals surface area contributed by atoms with Gasteiger partial charge in [0.1, 0.15) is 0 Å². The molecule has 0 aromatic heterocycles. The number of fused-ring (bicyclic) bond motifs is 1. The van der Waals surface area contributed by atoms with Gasteiger partial charge in [0.05, 0.1) is 6.54 Å². The van der Waals surface area contributed by atoms with Crippen molar-refractivity contribution in [1.29, 1.82) is 0 Å². The molecular formula is C9H10BrN3. The average molecular weight is 240 g/mol. The number of halogens is 1. The Morgan fingerprint density at radius 1 is 1.54 bits per heavy atom. The topological polar surface area (TPSA) is 50.4 Å². The van der Waals surface area contributed by atoms with E-state index in [4.69, 9.17) is 5.73 Å². The van der Waals surface area contributed by atoms with Crippen molar-refractivity contribution in [3.63, 3.8) is 0 Å². The van der Waals surface area contributed by atoms with Crippen LogP contribution in [0.1, 0.15) is 11.1 Å². The van der Waals surface area contributed by atoms with Gasteiger partial charge in [-0.1, -0.05) is 15.9 Å². The van der Waals surface area contributed by atoms with Crippen LogP contribution in [0.2, 0.25) is 0 Å². The van der Waals surface area contributed by atoms with Crippen LogP contribution in [0, 0.1) is 6.92 Å². The van der Waals surface area contributed by atoms with Gasteiger partial charge in [-0.25, -0.2) is 4.99 Å². The molecule has 1 aliphatic rings. The molecule has 0 unspecified atom stereocenters.